The maximum Gasteiger partial charge on any atom is 0.416 e. The lowest BCUT2D eigenvalue weighted by atomic mass is 10.1. The van der Waals surface area contributed by atoms with E-state index < -0.39 is 11.7 Å². The number of H-pyrrole nitrogens is 1. The van der Waals surface area contributed by atoms with Crippen LogP contribution in [-0.2, 0) is 6.18 Å². The molecule has 130 valence electrons. The number of fused-ring (bicyclic) bond motifs is 1. The predicted octanol–water partition coefficient (Wildman–Crippen LogP) is 4.18. The summed E-state index contributed by atoms with van der Waals surface area (Å²) in [6.45, 7) is 0. The highest BCUT2D eigenvalue weighted by atomic mass is 19.4. The van der Waals surface area contributed by atoms with Crippen molar-refractivity contribution in [3.63, 3.8) is 0 Å². The zero-order valence-corrected chi connectivity index (χ0v) is 13.1. The van der Waals surface area contributed by atoms with Crippen LogP contribution in [0.5, 0.6) is 0 Å². The molecule has 4 rings (SSSR count). The molecule has 0 saturated heterocycles. The van der Waals surface area contributed by atoms with Gasteiger partial charge in [-0.2, -0.15) is 13.2 Å². The van der Waals surface area contributed by atoms with Crippen molar-refractivity contribution in [1.29, 1.82) is 0 Å². The first kappa shape index (κ1) is 16.0. The number of halogens is 3. The second kappa shape index (κ2) is 6.10. The molecule has 0 aliphatic heterocycles. The monoisotopic (exact) mass is 356 g/mol. The van der Waals surface area contributed by atoms with Gasteiger partial charge in [-0.15, -0.1) is 5.10 Å². The highest BCUT2D eigenvalue weighted by Crippen LogP contribution is 2.31. The minimum absolute atomic E-state index is 0.512. The number of alkyl halides is 3. The fraction of sp³-hybridized carbons (Fsp3) is 0.0588. The lowest BCUT2D eigenvalue weighted by Gasteiger charge is -2.09. The van der Waals surface area contributed by atoms with E-state index in [0.29, 0.717) is 22.6 Å². The fourth-order valence-corrected chi connectivity index (χ4v) is 2.48. The topological polar surface area (TPSA) is 79.4 Å². The van der Waals surface area contributed by atoms with Gasteiger partial charge in [0, 0.05) is 17.3 Å². The summed E-state index contributed by atoms with van der Waals surface area (Å²) in [6, 6.07) is 12.0. The Morgan fingerprint density at radius 1 is 0.923 bits per heavy atom. The van der Waals surface area contributed by atoms with Crippen LogP contribution in [-0.4, -0.2) is 25.4 Å². The minimum atomic E-state index is -4.36. The summed E-state index contributed by atoms with van der Waals surface area (Å²) < 4.78 is 38.0. The molecular formula is C17H11F3N6. The highest BCUT2D eigenvalue weighted by molar-refractivity contribution is 5.79. The SMILES string of the molecule is FC(F)(F)c1ccc(-c2cc(Nc3ccc4[nH]nnc4c3)ncn2)cc1. The molecule has 0 spiro atoms. The summed E-state index contributed by atoms with van der Waals surface area (Å²) in [6.07, 6.45) is -3.01. The van der Waals surface area contributed by atoms with Crippen molar-refractivity contribution in [3.8, 4) is 11.3 Å². The number of rotatable bonds is 3. The summed E-state index contributed by atoms with van der Waals surface area (Å²) in [7, 11) is 0. The van der Waals surface area contributed by atoms with Gasteiger partial charge < -0.3 is 5.32 Å². The van der Waals surface area contributed by atoms with Crippen molar-refractivity contribution < 1.29 is 13.2 Å². The van der Waals surface area contributed by atoms with Gasteiger partial charge in [0.15, 0.2) is 0 Å². The van der Waals surface area contributed by atoms with Crippen LogP contribution >= 0.6 is 0 Å². The molecule has 26 heavy (non-hydrogen) atoms. The van der Waals surface area contributed by atoms with Gasteiger partial charge >= 0.3 is 6.18 Å². The van der Waals surface area contributed by atoms with Crippen LogP contribution < -0.4 is 5.32 Å². The van der Waals surface area contributed by atoms with E-state index in [1.807, 2.05) is 12.1 Å². The number of nitrogens with zero attached hydrogens (tertiary/aromatic N) is 4. The lowest BCUT2D eigenvalue weighted by Crippen LogP contribution is -2.04. The largest absolute Gasteiger partial charge is 0.416 e. The summed E-state index contributed by atoms with van der Waals surface area (Å²) in [5.74, 6) is 0.512. The molecule has 0 atom stereocenters. The van der Waals surface area contributed by atoms with Gasteiger partial charge in [0.25, 0.3) is 0 Å². The number of aromatic nitrogens is 5. The zero-order valence-electron chi connectivity index (χ0n) is 13.1. The number of nitrogens with one attached hydrogen (secondary N) is 2. The van der Waals surface area contributed by atoms with E-state index in [4.69, 9.17) is 0 Å². The molecule has 0 saturated carbocycles. The molecule has 0 amide bonds. The summed E-state index contributed by atoms with van der Waals surface area (Å²) in [5, 5.41) is 13.5. The predicted molar refractivity (Wildman–Crippen MR) is 89.6 cm³/mol. The summed E-state index contributed by atoms with van der Waals surface area (Å²) in [4.78, 5) is 8.26. The van der Waals surface area contributed by atoms with Crippen molar-refractivity contribution in [2.75, 3.05) is 5.32 Å². The third-order valence-electron chi connectivity index (χ3n) is 3.77. The second-order valence-corrected chi connectivity index (χ2v) is 5.53. The Labute approximate surface area is 145 Å². The number of hydrogen-bond donors (Lipinski definition) is 2. The van der Waals surface area contributed by atoms with E-state index in [9.17, 15) is 13.2 Å². The molecule has 9 heteroatoms. The van der Waals surface area contributed by atoms with Crippen LogP contribution in [0.2, 0.25) is 0 Å². The number of aromatic amines is 1. The van der Waals surface area contributed by atoms with E-state index >= 15 is 0 Å². The number of hydrogen-bond acceptors (Lipinski definition) is 5. The van der Waals surface area contributed by atoms with Crippen molar-refractivity contribution in [2.45, 2.75) is 6.18 Å². The van der Waals surface area contributed by atoms with E-state index in [1.165, 1.54) is 18.5 Å². The Balaban J connectivity index is 1.60. The molecule has 0 fully saturated rings. The third-order valence-corrected chi connectivity index (χ3v) is 3.77. The van der Waals surface area contributed by atoms with Crippen LogP contribution in [0.4, 0.5) is 24.7 Å². The Hall–Kier alpha value is -3.49. The second-order valence-electron chi connectivity index (χ2n) is 5.53. The Bertz CT molecular complexity index is 1060. The molecule has 0 aliphatic carbocycles. The van der Waals surface area contributed by atoms with Crippen molar-refractivity contribution in [1.82, 2.24) is 25.4 Å². The standard InChI is InChI=1S/C17H11F3N6/c18-17(19,20)11-3-1-10(2-4-11)14-8-16(22-9-21-14)23-12-5-6-13-15(7-12)25-26-24-13/h1-9H,(H,21,22,23)(H,24,25,26). The number of benzene rings is 2. The molecule has 0 aliphatic rings. The van der Waals surface area contributed by atoms with Crippen LogP contribution in [0.1, 0.15) is 5.56 Å². The van der Waals surface area contributed by atoms with Gasteiger partial charge in [0.1, 0.15) is 17.7 Å². The maximum absolute atomic E-state index is 12.7. The average Bonchev–Trinajstić information content (AvgIpc) is 3.09. The van der Waals surface area contributed by atoms with Gasteiger partial charge in [-0.1, -0.05) is 17.3 Å². The molecule has 4 aromatic rings. The quantitative estimate of drug-likeness (QED) is 0.576. The van der Waals surface area contributed by atoms with Crippen LogP contribution in [0.25, 0.3) is 22.3 Å². The van der Waals surface area contributed by atoms with Crippen LogP contribution in [0.3, 0.4) is 0 Å². The molecule has 0 bridgehead atoms. The molecule has 2 aromatic heterocycles. The van der Waals surface area contributed by atoms with E-state index in [0.717, 1.165) is 23.3 Å². The third kappa shape index (κ3) is 3.18. The van der Waals surface area contributed by atoms with Gasteiger partial charge in [0.2, 0.25) is 0 Å². The van der Waals surface area contributed by atoms with Gasteiger partial charge in [-0.05, 0) is 30.3 Å². The molecule has 0 unspecified atom stereocenters. The molecule has 6 nitrogen and oxygen atoms in total. The van der Waals surface area contributed by atoms with Gasteiger partial charge in [0.05, 0.1) is 16.8 Å². The zero-order chi connectivity index (χ0) is 18.1. The van der Waals surface area contributed by atoms with Gasteiger partial charge in [-0.3, -0.25) is 5.10 Å². The van der Waals surface area contributed by atoms with Crippen molar-refractivity contribution in [3.05, 3.63) is 60.4 Å². The first-order valence-corrected chi connectivity index (χ1v) is 7.56. The normalized spacial score (nSPS) is 11.7. The molecule has 0 radical (unpaired) electrons. The first-order valence-electron chi connectivity index (χ1n) is 7.56. The van der Waals surface area contributed by atoms with Crippen LogP contribution in [0, 0.1) is 0 Å². The highest BCUT2D eigenvalue weighted by Gasteiger charge is 2.30. The van der Waals surface area contributed by atoms with Crippen molar-refractivity contribution >= 4 is 22.5 Å². The first-order chi connectivity index (χ1) is 12.5. The Morgan fingerprint density at radius 2 is 1.73 bits per heavy atom. The smallest absolute Gasteiger partial charge is 0.340 e. The fourth-order valence-electron chi connectivity index (χ4n) is 2.48. The average molecular weight is 356 g/mol. The number of anilines is 2. The summed E-state index contributed by atoms with van der Waals surface area (Å²) in [5.41, 5.74) is 2.64. The van der Waals surface area contributed by atoms with E-state index in [1.54, 1.807) is 12.1 Å². The van der Waals surface area contributed by atoms with Crippen molar-refractivity contribution in [2.24, 2.45) is 0 Å². The maximum atomic E-state index is 12.7. The van der Waals surface area contributed by atoms with E-state index in [-0.39, 0.29) is 0 Å². The lowest BCUT2D eigenvalue weighted by molar-refractivity contribution is -0.137. The summed E-state index contributed by atoms with van der Waals surface area (Å²) >= 11 is 0. The molecule has 2 N–H and O–H groups in total. The molecule has 2 aromatic carbocycles. The van der Waals surface area contributed by atoms with Gasteiger partial charge in [-0.25, -0.2) is 9.97 Å². The van der Waals surface area contributed by atoms with Crippen LogP contribution in [0.15, 0.2) is 54.9 Å². The molecular weight excluding hydrogens is 345 g/mol. The Morgan fingerprint density at radius 3 is 2.50 bits per heavy atom. The molecule has 2 heterocycles. The minimum Gasteiger partial charge on any atom is -0.340 e. The Kier molecular flexibility index (Phi) is 3.76. The van der Waals surface area contributed by atoms with E-state index in [2.05, 4.69) is 30.7 Å².